The third kappa shape index (κ3) is 3.12. The lowest BCUT2D eigenvalue weighted by Crippen LogP contribution is -2.32. The highest BCUT2D eigenvalue weighted by atomic mass is 32.2. The SMILES string of the molecule is Cc1cc(N)cc(S(=O)(=O)N(Cc2cccs2)C2CC2)c1. The van der Waals surface area contributed by atoms with Crippen LogP contribution in [-0.2, 0) is 16.6 Å². The number of hydrogen-bond donors (Lipinski definition) is 1. The van der Waals surface area contributed by atoms with Crippen molar-refractivity contribution in [3.63, 3.8) is 0 Å². The number of nitrogens with zero attached hydrogens (tertiary/aromatic N) is 1. The van der Waals surface area contributed by atoms with Crippen molar-refractivity contribution >= 4 is 27.0 Å². The summed E-state index contributed by atoms with van der Waals surface area (Å²) in [6.45, 7) is 2.30. The molecule has 0 unspecified atom stereocenters. The van der Waals surface area contributed by atoms with E-state index in [1.165, 1.54) is 0 Å². The van der Waals surface area contributed by atoms with E-state index in [1.807, 2.05) is 24.4 Å². The highest BCUT2D eigenvalue weighted by Crippen LogP contribution is 2.34. The summed E-state index contributed by atoms with van der Waals surface area (Å²) in [4.78, 5) is 1.36. The van der Waals surface area contributed by atoms with Crippen LogP contribution in [0.3, 0.4) is 0 Å². The van der Waals surface area contributed by atoms with Crippen molar-refractivity contribution < 1.29 is 8.42 Å². The Bertz CT molecular complexity index is 715. The molecule has 1 aliphatic rings. The fourth-order valence-electron chi connectivity index (χ4n) is 2.39. The third-order valence-corrected chi connectivity index (χ3v) is 6.26. The second-order valence-electron chi connectivity index (χ2n) is 5.44. The molecule has 1 aromatic carbocycles. The second kappa shape index (κ2) is 5.44. The van der Waals surface area contributed by atoms with Crippen LogP contribution in [0.1, 0.15) is 23.3 Å². The predicted molar refractivity (Wildman–Crippen MR) is 85.7 cm³/mol. The largest absolute Gasteiger partial charge is 0.399 e. The molecule has 2 N–H and O–H groups in total. The Labute approximate surface area is 129 Å². The summed E-state index contributed by atoms with van der Waals surface area (Å²) in [5.74, 6) is 0. The van der Waals surface area contributed by atoms with E-state index >= 15 is 0 Å². The van der Waals surface area contributed by atoms with E-state index < -0.39 is 10.0 Å². The predicted octanol–water partition coefficient (Wildman–Crippen LogP) is 2.99. The van der Waals surface area contributed by atoms with Gasteiger partial charge in [0.2, 0.25) is 10.0 Å². The van der Waals surface area contributed by atoms with Crippen LogP contribution in [0.15, 0.2) is 40.6 Å². The molecule has 0 radical (unpaired) electrons. The Balaban J connectivity index is 1.97. The number of nitrogens with two attached hydrogens (primary N) is 1. The molecule has 3 rings (SSSR count). The minimum Gasteiger partial charge on any atom is -0.399 e. The van der Waals surface area contributed by atoms with E-state index in [9.17, 15) is 8.42 Å². The molecule has 1 fully saturated rings. The van der Waals surface area contributed by atoms with Gasteiger partial charge < -0.3 is 5.73 Å². The molecular formula is C15H18N2O2S2. The molecule has 1 aromatic heterocycles. The number of sulfonamides is 1. The Hall–Kier alpha value is -1.37. The second-order valence-corrected chi connectivity index (χ2v) is 8.36. The van der Waals surface area contributed by atoms with Crippen molar-refractivity contribution in [2.45, 2.75) is 37.2 Å². The number of nitrogen functional groups attached to an aromatic ring is 1. The molecule has 21 heavy (non-hydrogen) atoms. The highest BCUT2D eigenvalue weighted by molar-refractivity contribution is 7.89. The number of benzene rings is 1. The first-order valence-corrected chi connectivity index (χ1v) is 9.20. The fourth-order valence-corrected chi connectivity index (χ4v) is 4.98. The average Bonchev–Trinajstić information content (AvgIpc) is 3.11. The molecule has 1 saturated carbocycles. The maximum Gasteiger partial charge on any atom is 0.243 e. The number of aryl methyl sites for hydroxylation is 1. The molecule has 0 aliphatic heterocycles. The average molecular weight is 322 g/mol. The van der Waals surface area contributed by atoms with E-state index in [0.717, 1.165) is 23.3 Å². The van der Waals surface area contributed by atoms with Gasteiger partial charge in [0.05, 0.1) is 4.90 Å². The van der Waals surface area contributed by atoms with Crippen LogP contribution in [0.2, 0.25) is 0 Å². The molecule has 1 heterocycles. The number of hydrogen-bond acceptors (Lipinski definition) is 4. The zero-order valence-electron chi connectivity index (χ0n) is 11.8. The zero-order chi connectivity index (χ0) is 15.0. The Morgan fingerprint density at radius 3 is 2.67 bits per heavy atom. The fraction of sp³-hybridized carbons (Fsp3) is 0.333. The standard InChI is InChI=1S/C15H18N2O2S2/c1-11-7-12(16)9-15(8-11)21(18,19)17(13-4-5-13)10-14-3-2-6-20-14/h2-3,6-9,13H,4-5,10,16H2,1H3. The summed E-state index contributed by atoms with van der Waals surface area (Å²) in [5, 5.41) is 1.97. The first-order chi connectivity index (χ1) is 9.96. The van der Waals surface area contributed by atoms with Crippen molar-refractivity contribution in [2.24, 2.45) is 0 Å². The van der Waals surface area contributed by atoms with Gasteiger partial charge in [-0.3, -0.25) is 0 Å². The van der Waals surface area contributed by atoms with Gasteiger partial charge >= 0.3 is 0 Å². The summed E-state index contributed by atoms with van der Waals surface area (Å²) in [6.07, 6.45) is 1.87. The van der Waals surface area contributed by atoms with Crippen LogP contribution >= 0.6 is 11.3 Å². The summed E-state index contributed by atoms with van der Waals surface area (Å²) in [7, 11) is -3.50. The van der Waals surface area contributed by atoms with E-state index in [0.29, 0.717) is 17.1 Å². The normalized spacial score (nSPS) is 15.5. The molecular weight excluding hydrogens is 304 g/mol. The van der Waals surface area contributed by atoms with Gasteiger partial charge in [0.15, 0.2) is 0 Å². The first kappa shape index (κ1) is 14.6. The van der Waals surface area contributed by atoms with Crippen molar-refractivity contribution in [1.82, 2.24) is 4.31 Å². The van der Waals surface area contributed by atoms with Gasteiger partial charge in [-0.05, 0) is 55.0 Å². The van der Waals surface area contributed by atoms with Gasteiger partial charge in [-0.2, -0.15) is 4.31 Å². The van der Waals surface area contributed by atoms with Crippen LogP contribution in [0.4, 0.5) is 5.69 Å². The minimum absolute atomic E-state index is 0.124. The van der Waals surface area contributed by atoms with Gasteiger partial charge in [-0.25, -0.2) is 8.42 Å². The molecule has 0 bridgehead atoms. The maximum atomic E-state index is 12.9. The van der Waals surface area contributed by atoms with E-state index in [-0.39, 0.29) is 6.04 Å². The molecule has 0 amide bonds. The van der Waals surface area contributed by atoms with Gasteiger partial charge in [0, 0.05) is 23.2 Å². The van der Waals surface area contributed by atoms with Crippen LogP contribution in [0.25, 0.3) is 0 Å². The van der Waals surface area contributed by atoms with Crippen LogP contribution < -0.4 is 5.73 Å². The summed E-state index contributed by atoms with van der Waals surface area (Å²) >= 11 is 1.58. The quantitative estimate of drug-likeness (QED) is 0.861. The van der Waals surface area contributed by atoms with Crippen LogP contribution in [0, 0.1) is 6.92 Å². The third-order valence-electron chi connectivity index (χ3n) is 3.53. The van der Waals surface area contributed by atoms with Crippen molar-refractivity contribution in [2.75, 3.05) is 5.73 Å². The number of anilines is 1. The molecule has 0 saturated heterocycles. The van der Waals surface area contributed by atoms with E-state index in [1.54, 1.807) is 33.8 Å². The molecule has 1 aliphatic carbocycles. The number of thiophene rings is 1. The molecule has 0 spiro atoms. The van der Waals surface area contributed by atoms with Crippen molar-refractivity contribution in [3.8, 4) is 0 Å². The van der Waals surface area contributed by atoms with Crippen molar-refractivity contribution in [3.05, 3.63) is 46.2 Å². The molecule has 112 valence electrons. The van der Waals surface area contributed by atoms with Gasteiger partial charge in [-0.1, -0.05) is 6.07 Å². The van der Waals surface area contributed by atoms with Crippen LogP contribution in [0.5, 0.6) is 0 Å². The van der Waals surface area contributed by atoms with Crippen LogP contribution in [-0.4, -0.2) is 18.8 Å². The first-order valence-electron chi connectivity index (χ1n) is 6.88. The molecule has 0 atom stereocenters. The maximum absolute atomic E-state index is 12.9. The summed E-state index contributed by atoms with van der Waals surface area (Å²) in [5.41, 5.74) is 7.15. The summed E-state index contributed by atoms with van der Waals surface area (Å²) < 4.78 is 27.5. The Morgan fingerprint density at radius 1 is 1.33 bits per heavy atom. The lowest BCUT2D eigenvalue weighted by molar-refractivity contribution is 0.401. The monoisotopic (exact) mass is 322 g/mol. The topological polar surface area (TPSA) is 63.4 Å². The molecule has 2 aromatic rings. The van der Waals surface area contributed by atoms with Gasteiger partial charge in [0.25, 0.3) is 0 Å². The summed E-state index contributed by atoms with van der Waals surface area (Å²) in [6, 6.07) is 9.06. The lowest BCUT2D eigenvalue weighted by Gasteiger charge is -2.21. The van der Waals surface area contributed by atoms with E-state index in [4.69, 9.17) is 5.73 Å². The number of rotatable bonds is 5. The Kier molecular flexibility index (Phi) is 3.77. The van der Waals surface area contributed by atoms with E-state index in [2.05, 4.69) is 0 Å². The smallest absolute Gasteiger partial charge is 0.243 e. The van der Waals surface area contributed by atoms with Gasteiger partial charge in [-0.15, -0.1) is 11.3 Å². The molecule has 6 heteroatoms. The highest BCUT2D eigenvalue weighted by Gasteiger charge is 2.38. The lowest BCUT2D eigenvalue weighted by atomic mass is 10.2. The zero-order valence-corrected chi connectivity index (χ0v) is 13.5. The van der Waals surface area contributed by atoms with Gasteiger partial charge in [0.1, 0.15) is 0 Å². The molecule has 4 nitrogen and oxygen atoms in total. The Morgan fingerprint density at radius 2 is 2.10 bits per heavy atom. The van der Waals surface area contributed by atoms with Crippen molar-refractivity contribution in [1.29, 1.82) is 0 Å². The minimum atomic E-state index is -3.50.